The number of ether oxygens (including phenoxy) is 1. The Bertz CT molecular complexity index is 7070. The maximum absolute atomic E-state index is 13.3. The van der Waals surface area contributed by atoms with Crippen LogP contribution >= 0.6 is 46.4 Å². The second-order valence-corrected chi connectivity index (χ2v) is 36.4. The minimum absolute atomic E-state index is 0.00215. The van der Waals surface area contributed by atoms with Gasteiger partial charge in [-0.2, -0.15) is 0 Å². The van der Waals surface area contributed by atoms with Crippen LogP contribution in [-0.2, 0) is 32.9 Å². The monoisotopic (exact) mass is 1910 g/mol. The molecular weight excluding hydrogens is 1810 g/mol. The summed E-state index contributed by atoms with van der Waals surface area (Å²) < 4.78 is 12.9. The van der Waals surface area contributed by atoms with Crippen LogP contribution in [0.4, 0.5) is 46.5 Å². The zero-order valence-electron chi connectivity index (χ0n) is 76.6. The highest BCUT2D eigenvalue weighted by Gasteiger charge is 2.36. The number of aromatic amines is 4. The minimum atomic E-state index is -0.0925. The average Bonchev–Trinajstić information content (AvgIpc) is 1.33. The highest BCUT2D eigenvalue weighted by Crippen LogP contribution is 2.37. The number of hydrogen-bond acceptors (Lipinski definition) is 24. The number of aromatic nitrogens is 20. The lowest BCUT2D eigenvalue weighted by Crippen LogP contribution is -2.58. The number of Topliss-reactive ketones (excluding diaryl/α,β-unsaturated/α-hetero) is 1. The fourth-order valence-electron chi connectivity index (χ4n) is 16.9. The van der Waals surface area contributed by atoms with Crippen LogP contribution in [0.15, 0.2) is 172 Å². The molecular formula is C97H104Cl4N30O5. The van der Waals surface area contributed by atoms with Crippen LogP contribution < -0.4 is 26.6 Å². The molecule has 35 nitrogen and oxygen atoms in total. The molecule has 0 radical (unpaired) electrons. The number of benzene rings is 4. The van der Waals surface area contributed by atoms with Gasteiger partial charge in [-0.15, -0.1) is 5.92 Å². The van der Waals surface area contributed by atoms with Crippen molar-refractivity contribution in [2.24, 2.45) is 28.2 Å². The average molecular weight is 1910 g/mol. The number of piperidine rings is 2. The van der Waals surface area contributed by atoms with Crippen LogP contribution in [0.1, 0.15) is 113 Å². The first-order valence-corrected chi connectivity index (χ1v) is 46.4. The number of nitrogens with one attached hydrogen (secondary N) is 9. The van der Waals surface area contributed by atoms with E-state index in [2.05, 4.69) is 135 Å². The lowest BCUT2D eigenvalue weighted by molar-refractivity contribution is -0.0603. The molecule has 20 rings (SSSR count). The van der Waals surface area contributed by atoms with Gasteiger partial charge < -0.3 is 84.2 Å². The van der Waals surface area contributed by atoms with Crippen molar-refractivity contribution in [2.75, 3.05) is 102 Å². The third-order valence-electron chi connectivity index (χ3n) is 24.2. The van der Waals surface area contributed by atoms with Gasteiger partial charge in [0.15, 0.2) is 5.78 Å². The number of aryl methyl sites for hydroxylation is 4. The zero-order chi connectivity index (χ0) is 94.8. The molecule has 4 fully saturated rings. The second kappa shape index (κ2) is 42.3. The Morgan fingerprint density at radius 1 is 0.449 bits per heavy atom. The molecule has 39 heteroatoms. The maximum atomic E-state index is 13.3. The SMILES string of the molecule is CN(C)CC#CCCC(=O)c1cc2cc(Nc3nccc(-c4cn(C)cn4)n3)cc(Cl)c2[nH]1.CN1CCC(N(C)C(=O)c2cc3cc(Nc4nccc(-c5cn(C)cn5)n4)cc(Cl)c3[nH]2)CC1.COC1CN(C2CCN(C(=O)c3cc4cc(Nc5nccc(-c6cn(C)cn6)n5)cc(Cl)c4[nH]3)CC2)C1.Cn1cnc(-c2ccnc(Nc3cc(Cl)c4[nH]c(C(=O)NC5CCCCC5)cc4c3)n2)c1. The molecule has 4 aromatic carbocycles. The summed E-state index contributed by atoms with van der Waals surface area (Å²) in [5, 5.41) is 21.4. The number of nitrogens with zero attached hydrogens (tertiary/aromatic N) is 21. The quantitative estimate of drug-likeness (QED) is 0.0212. The molecule has 700 valence electrons. The third kappa shape index (κ3) is 23.0. The molecule has 15 heterocycles. The summed E-state index contributed by atoms with van der Waals surface area (Å²) in [5.41, 5.74) is 13.9. The number of imidazole rings is 4. The fourth-order valence-corrected chi connectivity index (χ4v) is 18.0. The van der Waals surface area contributed by atoms with E-state index in [1.807, 2.05) is 174 Å². The zero-order valence-corrected chi connectivity index (χ0v) is 79.7. The number of carbonyl (C=O) groups is 4. The summed E-state index contributed by atoms with van der Waals surface area (Å²) >= 11 is 26.2. The van der Waals surface area contributed by atoms with Gasteiger partial charge in [-0.1, -0.05) is 71.6 Å². The Labute approximate surface area is 804 Å². The molecule has 0 bridgehead atoms. The van der Waals surface area contributed by atoms with Crippen molar-refractivity contribution < 1.29 is 23.9 Å². The van der Waals surface area contributed by atoms with Crippen molar-refractivity contribution in [3.05, 3.63) is 215 Å². The number of amides is 3. The van der Waals surface area contributed by atoms with Crippen LogP contribution in [0.25, 0.3) is 89.2 Å². The lowest BCUT2D eigenvalue weighted by atomic mass is 9.95. The summed E-state index contributed by atoms with van der Waals surface area (Å²) in [5.74, 6) is 7.71. The van der Waals surface area contributed by atoms with Crippen LogP contribution in [0.2, 0.25) is 20.1 Å². The van der Waals surface area contributed by atoms with Gasteiger partial charge in [-0.3, -0.25) is 29.0 Å². The largest absolute Gasteiger partial charge is 0.379 e. The molecule has 136 heavy (non-hydrogen) atoms. The number of halogens is 4. The molecule has 0 spiro atoms. The summed E-state index contributed by atoms with van der Waals surface area (Å²) in [4.78, 5) is 128. The van der Waals surface area contributed by atoms with E-state index in [1.165, 1.54) is 19.3 Å². The van der Waals surface area contributed by atoms with Gasteiger partial charge in [0.05, 0.1) is 109 Å². The third-order valence-corrected chi connectivity index (χ3v) is 25.4. The number of carbonyl (C=O) groups excluding carboxylic acids is 4. The van der Waals surface area contributed by atoms with Gasteiger partial charge in [0, 0.05) is 193 Å². The normalized spacial score (nSPS) is 14.6. The predicted octanol–water partition coefficient (Wildman–Crippen LogP) is 16.7. The molecule has 16 aromatic rings. The number of fused-ring (bicyclic) bond motifs is 4. The van der Waals surface area contributed by atoms with Crippen molar-refractivity contribution in [1.29, 1.82) is 0 Å². The van der Waals surface area contributed by atoms with E-state index in [4.69, 9.17) is 51.1 Å². The van der Waals surface area contributed by atoms with Gasteiger partial charge in [-0.05, 0) is 170 Å². The second-order valence-electron chi connectivity index (χ2n) is 34.8. The molecule has 0 unspecified atom stereocenters. The first kappa shape index (κ1) is 93.8. The minimum Gasteiger partial charge on any atom is -0.379 e. The van der Waals surface area contributed by atoms with Gasteiger partial charge in [0.25, 0.3) is 17.7 Å². The summed E-state index contributed by atoms with van der Waals surface area (Å²) in [6.45, 7) is 6.16. The Morgan fingerprint density at radius 3 is 1.23 bits per heavy atom. The van der Waals surface area contributed by atoms with E-state index in [0.29, 0.717) is 109 Å². The van der Waals surface area contributed by atoms with Gasteiger partial charge in [0.1, 0.15) is 39.9 Å². The predicted molar refractivity (Wildman–Crippen MR) is 531 cm³/mol. The van der Waals surface area contributed by atoms with Crippen molar-refractivity contribution in [3.8, 4) is 57.4 Å². The number of H-pyrrole nitrogens is 4. The van der Waals surface area contributed by atoms with E-state index < -0.39 is 0 Å². The molecule has 3 aliphatic heterocycles. The van der Waals surface area contributed by atoms with Gasteiger partial charge >= 0.3 is 0 Å². The van der Waals surface area contributed by atoms with Gasteiger partial charge in [-0.25, -0.2) is 59.8 Å². The maximum Gasteiger partial charge on any atom is 0.270 e. The van der Waals surface area contributed by atoms with Crippen molar-refractivity contribution in [1.82, 2.24) is 128 Å². The number of likely N-dealkylation sites (tertiary alicyclic amines) is 3. The summed E-state index contributed by atoms with van der Waals surface area (Å²) in [7, 11) is 17.3. The first-order valence-electron chi connectivity index (χ1n) is 44.9. The van der Waals surface area contributed by atoms with E-state index in [9.17, 15) is 19.2 Å². The number of hydrogen-bond donors (Lipinski definition) is 9. The topological polar surface area (TPSA) is 391 Å². The molecule has 0 atom stereocenters. The van der Waals surface area contributed by atoms with Gasteiger partial charge in [0.2, 0.25) is 23.8 Å². The number of methoxy groups -OCH3 is 1. The number of ketones is 1. The Morgan fingerprint density at radius 2 is 0.831 bits per heavy atom. The van der Waals surface area contributed by atoms with Crippen molar-refractivity contribution in [2.45, 2.75) is 94.9 Å². The Hall–Kier alpha value is -14.0. The molecule has 12 aromatic heterocycles. The van der Waals surface area contributed by atoms with Crippen LogP contribution in [0, 0.1) is 11.8 Å². The first-order chi connectivity index (χ1) is 65.8. The lowest BCUT2D eigenvalue weighted by Gasteiger charge is -2.46. The highest BCUT2D eigenvalue weighted by molar-refractivity contribution is 6.37. The van der Waals surface area contributed by atoms with E-state index in [1.54, 1.807) is 87.5 Å². The van der Waals surface area contributed by atoms with E-state index in [0.717, 1.165) is 178 Å². The molecule has 9 N–H and O–H groups in total. The molecule has 3 saturated heterocycles. The molecule has 4 aliphatic rings. The van der Waals surface area contributed by atoms with E-state index in [-0.39, 0.29) is 35.6 Å². The molecule has 1 saturated carbocycles. The molecule has 1 aliphatic carbocycles. The highest BCUT2D eigenvalue weighted by atomic mass is 35.5. The van der Waals surface area contributed by atoms with E-state index >= 15 is 0 Å². The summed E-state index contributed by atoms with van der Waals surface area (Å²) in [6, 6.07) is 30.5. The fraction of sp³-hybridized carbons (Fsp3) is 0.320. The van der Waals surface area contributed by atoms with Crippen LogP contribution in [0.5, 0.6) is 0 Å². The number of rotatable bonds is 23. The molecule has 3 amide bonds. The van der Waals surface area contributed by atoms with Crippen molar-refractivity contribution >= 4 is 160 Å². The van der Waals surface area contributed by atoms with Crippen LogP contribution in [-0.4, -0.2) is 251 Å². The number of anilines is 8. The standard InChI is InChI=1S/C26H29ClN8O2.C24H27ClN8O.C24H24ClN7O.C23H24ClN7O/c1-33-14-23(29-15-33)21-3-6-28-26(32-21)30-17-9-16-10-22(31-24(16)20(27)11-17)25(36)34-7-4-18(5-8-34)35-12-19(13-35)37-2;1-31-8-5-17(6-9-31)33(3)23(34)20-11-15-10-16(12-18(25)22(15)29-20)28-24-26-7-4-19(30-24)21-13-32(2)14-27-21;1-31(2)10-6-4-5-7-22(33)20-12-16-11-17(13-18(25)23(16)29-20)28-24-26-9-8-19(30-24)21-14-32(3)15-27-21;1-31-12-20(26-13-31)18-7-8-25-23(30-18)28-16-9-14-10-19(29-21(14)17(24)11-16)22(32)27-15-5-3-2-4-6-15/h3,6,9-11,14-15,18-19,31H,4-5,7-8,12-13H2,1-2H3,(H,28,30,32);4,7,10-14,17,29H,5-6,8-9H2,1-3H3,(H,26,28,30);8-9,11-15,29H,5,7,10H2,1-3H3,(H,26,28,30);7-13,15,29H,2-6H2,1H3,(H,27,32)(H,25,28,30). The van der Waals surface area contributed by atoms with Crippen molar-refractivity contribution in [3.63, 3.8) is 0 Å². The Kier molecular flexibility index (Phi) is 29.2. The van der Waals surface area contributed by atoms with Crippen LogP contribution in [0.3, 0.4) is 0 Å². The smallest absolute Gasteiger partial charge is 0.270 e. The Balaban J connectivity index is 0.000000126. The summed E-state index contributed by atoms with van der Waals surface area (Å²) in [6.07, 6.45) is 32.0.